The van der Waals surface area contributed by atoms with Gasteiger partial charge >= 0.3 is 6.18 Å². The first-order chi connectivity index (χ1) is 10.8. The molecule has 0 spiro atoms. The van der Waals surface area contributed by atoms with E-state index in [0.717, 1.165) is 25.5 Å². The van der Waals surface area contributed by atoms with E-state index < -0.39 is 23.6 Å². The summed E-state index contributed by atoms with van der Waals surface area (Å²) in [5.41, 5.74) is -0.722. The lowest BCUT2D eigenvalue weighted by Crippen LogP contribution is -2.56. The summed E-state index contributed by atoms with van der Waals surface area (Å²) in [6, 6.07) is 3.04. The summed E-state index contributed by atoms with van der Waals surface area (Å²) in [6.07, 6.45) is -2.77. The topological polar surface area (TPSA) is 15.3 Å². The number of hydrogen-bond donors (Lipinski definition) is 1. The van der Waals surface area contributed by atoms with Crippen LogP contribution in [0.2, 0.25) is 0 Å². The molecule has 1 aliphatic rings. The summed E-state index contributed by atoms with van der Waals surface area (Å²) < 4.78 is 53.2. The van der Waals surface area contributed by atoms with Crippen LogP contribution >= 0.6 is 0 Å². The fraction of sp³-hybridized carbons (Fsp3) is 0.647. The van der Waals surface area contributed by atoms with Crippen molar-refractivity contribution in [2.45, 2.75) is 57.9 Å². The van der Waals surface area contributed by atoms with Crippen LogP contribution in [0.4, 0.5) is 17.6 Å². The Kier molecular flexibility index (Phi) is 5.68. The zero-order valence-electron chi connectivity index (χ0n) is 13.8. The molecule has 2 rings (SSSR count). The Morgan fingerprint density at radius 2 is 1.96 bits per heavy atom. The van der Waals surface area contributed by atoms with Crippen LogP contribution in [-0.4, -0.2) is 30.1 Å². The van der Waals surface area contributed by atoms with Gasteiger partial charge in [0, 0.05) is 31.2 Å². The molecule has 130 valence electrons. The Bertz CT molecular complexity index is 530. The number of nitrogens with one attached hydrogen (secondary N) is 1. The van der Waals surface area contributed by atoms with Gasteiger partial charge in [-0.1, -0.05) is 19.9 Å². The molecule has 2 nitrogen and oxygen atoms in total. The van der Waals surface area contributed by atoms with Gasteiger partial charge in [-0.2, -0.15) is 13.2 Å². The van der Waals surface area contributed by atoms with E-state index in [4.69, 9.17) is 0 Å². The van der Waals surface area contributed by atoms with Crippen molar-refractivity contribution < 1.29 is 17.6 Å². The van der Waals surface area contributed by atoms with E-state index in [2.05, 4.69) is 17.1 Å². The fourth-order valence-corrected chi connectivity index (χ4v) is 3.33. The molecule has 23 heavy (non-hydrogen) atoms. The quantitative estimate of drug-likeness (QED) is 0.824. The van der Waals surface area contributed by atoms with E-state index >= 15 is 0 Å². The molecule has 1 aromatic rings. The fourth-order valence-electron chi connectivity index (χ4n) is 3.33. The van der Waals surface area contributed by atoms with Crippen molar-refractivity contribution in [2.75, 3.05) is 13.1 Å². The molecule has 1 saturated heterocycles. The summed E-state index contributed by atoms with van der Waals surface area (Å²) in [4.78, 5) is 2.12. The van der Waals surface area contributed by atoms with Gasteiger partial charge in [-0.05, 0) is 37.5 Å². The minimum absolute atomic E-state index is 0.147. The molecule has 0 bridgehead atoms. The van der Waals surface area contributed by atoms with Crippen molar-refractivity contribution in [1.82, 2.24) is 10.2 Å². The molecular weight excluding hydrogens is 308 g/mol. The highest BCUT2D eigenvalue weighted by Crippen LogP contribution is 2.38. The van der Waals surface area contributed by atoms with Crippen LogP contribution in [0.3, 0.4) is 0 Å². The third kappa shape index (κ3) is 4.04. The van der Waals surface area contributed by atoms with Crippen molar-refractivity contribution >= 4 is 0 Å². The van der Waals surface area contributed by atoms with E-state index in [1.807, 2.05) is 6.92 Å². The molecule has 6 heteroatoms. The van der Waals surface area contributed by atoms with Crippen LogP contribution in [0, 0.1) is 5.82 Å². The standard InChI is InChI=1S/C17H24F4N2/c1-4-13-10-23(14(5-2)9-22-13)11(3)15-7-6-12(18)8-16(15)17(19,20)21/h6-8,11,13-14,22H,4-5,9-10H2,1-3H3. The Morgan fingerprint density at radius 3 is 2.52 bits per heavy atom. The largest absolute Gasteiger partial charge is 0.416 e. The Hall–Kier alpha value is -1.14. The summed E-state index contributed by atoms with van der Waals surface area (Å²) in [7, 11) is 0. The van der Waals surface area contributed by atoms with Gasteiger partial charge in [0.2, 0.25) is 0 Å². The van der Waals surface area contributed by atoms with E-state index in [9.17, 15) is 17.6 Å². The van der Waals surface area contributed by atoms with Crippen molar-refractivity contribution in [3.05, 3.63) is 35.1 Å². The van der Waals surface area contributed by atoms with Gasteiger partial charge in [-0.25, -0.2) is 4.39 Å². The van der Waals surface area contributed by atoms with Gasteiger partial charge in [0.25, 0.3) is 0 Å². The van der Waals surface area contributed by atoms with E-state index in [0.29, 0.717) is 12.6 Å². The smallest absolute Gasteiger partial charge is 0.311 e. The molecule has 0 aliphatic carbocycles. The number of piperazine rings is 1. The zero-order chi connectivity index (χ0) is 17.2. The molecule has 1 N–H and O–H groups in total. The maximum absolute atomic E-state index is 13.3. The predicted octanol–water partition coefficient (Wildman–Crippen LogP) is 4.37. The van der Waals surface area contributed by atoms with Crippen LogP contribution in [0.25, 0.3) is 0 Å². The number of rotatable bonds is 4. The highest BCUT2D eigenvalue weighted by Gasteiger charge is 2.38. The van der Waals surface area contributed by atoms with E-state index in [1.165, 1.54) is 6.07 Å². The lowest BCUT2D eigenvalue weighted by atomic mass is 9.95. The van der Waals surface area contributed by atoms with Gasteiger partial charge in [-0.15, -0.1) is 0 Å². The normalized spacial score (nSPS) is 24.7. The summed E-state index contributed by atoms with van der Waals surface area (Å²) in [5, 5.41) is 3.44. The summed E-state index contributed by atoms with van der Waals surface area (Å²) >= 11 is 0. The van der Waals surface area contributed by atoms with Crippen LogP contribution in [0.1, 0.15) is 50.8 Å². The second kappa shape index (κ2) is 7.18. The highest BCUT2D eigenvalue weighted by atomic mass is 19.4. The second-order valence-electron chi connectivity index (χ2n) is 6.18. The SMILES string of the molecule is CCC1CN(C(C)c2ccc(F)cc2C(F)(F)F)C(CC)CN1. The van der Waals surface area contributed by atoms with Crippen LogP contribution in [0.15, 0.2) is 18.2 Å². The first-order valence-electron chi connectivity index (χ1n) is 8.13. The van der Waals surface area contributed by atoms with Crippen molar-refractivity contribution in [3.8, 4) is 0 Å². The lowest BCUT2D eigenvalue weighted by Gasteiger charge is -2.44. The summed E-state index contributed by atoms with van der Waals surface area (Å²) in [5.74, 6) is -0.855. The Morgan fingerprint density at radius 1 is 1.26 bits per heavy atom. The molecular formula is C17H24F4N2. The third-order valence-corrected chi connectivity index (χ3v) is 4.77. The van der Waals surface area contributed by atoms with Crippen molar-refractivity contribution in [2.24, 2.45) is 0 Å². The van der Waals surface area contributed by atoms with E-state index in [-0.39, 0.29) is 17.6 Å². The number of benzene rings is 1. The second-order valence-corrected chi connectivity index (χ2v) is 6.18. The molecule has 1 aromatic carbocycles. The van der Waals surface area contributed by atoms with Crippen LogP contribution < -0.4 is 5.32 Å². The van der Waals surface area contributed by atoms with E-state index in [1.54, 1.807) is 6.92 Å². The highest BCUT2D eigenvalue weighted by molar-refractivity contribution is 5.33. The molecule has 3 unspecified atom stereocenters. The minimum Gasteiger partial charge on any atom is -0.311 e. The Labute approximate surface area is 134 Å². The first-order valence-corrected chi connectivity index (χ1v) is 8.13. The maximum atomic E-state index is 13.3. The minimum atomic E-state index is -4.55. The number of nitrogens with zero attached hydrogens (tertiary/aromatic N) is 1. The van der Waals surface area contributed by atoms with Crippen molar-refractivity contribution in [3.63, 3.8) is 0 Å². The number of halogens is 4. The average Bonchev–Trinajstić information content (AvgIpc) is 2.52. The van der Waals surface area contributed by atoms with Gasteiger partial charge in [0.1, 0.15) is 5.82 Å². The zero-order valence-corrected chi connectivity index (χ0v) is 13.8. The molecule has 0 aromatic heterocycles. The van der Waals surface area contributed by atoms with Gasteiger partial charge in [-0.3, -0.25) is 4.90 Å². The first kappa shape index (κ1) is 18.2. The van der Waals surface area contributed by atoms with Crippen molar-refractivity contribution in [1.29, 1.82) is 0 Å². The molecule has 1 heterocycles. The molecule has 0 saturated carbocycles. The molecule has 3 atom stereocenters. The molecule has 0 amide bonds. The summed E-state index contributed by atoms with van der Waals surface area (Å²) in [6.45, 7) is 7.34. The van der Waals surface area contributed by atoms with Crippen LogP contribution in [0.5, 0.6) is 0 Å². The Balaban J connectivity index is 2.36. The number of alkyl halides is 3. The van der Waals surface area contributed by atoms with Gasteiger partial charge < -0.3 is 5.32 Å². The van der Waals surface area contributed by atoms with Crippen LogP contribution in [-0.2, 0) is 6.18 Å². The monoisotopic (exact) mass is 332 g/mol. The predicted molar refractivity (Wildman–Crippen MR) is 82.7 cm³/mol. The molecule has 1 fully saturated rings. The third-order valence-electron chi connectivity index (χ3n) is 4.77. The molecule has 0 radical (unpaired) electrons. The van der Waals surface area contributed by atoms with Gasteiger partial charge in [0.05, 0.1) is 5.56 Å². The lowest BCUT2D eigenvalue weighted by molar-refractivity contribution is -0.139. The number of hydrogen-bond acceptors (Lipinski definition) is 2. The maximum Gasteiger partial charge on any atom is 0.416 e. The average molecular weight is 332 g/mol. The molecule has 1 aliphatic heterocycles. The van der Waals surface area contributed by atoms with Gasteiger partial charge in [0.15, 0.2) is 0 Å².